The van der Waals surface area contributed by atoms with Gasteiger partial charge in [0, 0.05) is 39.3 Å². The summed E-state index contributed by atoms with van der Waals surface area (Å²) in [6, 6.07) is 15.1. The van der Waals surface area contributed by atoms with Crippen LogP contribution < -0.4 is 11.2 Å². The van der Waals surface area contributed by atoms with Crippen molar-refractivity contribution in [1.82, 2.24) is 28.0 Å². The number of rotatable bonds is 8. The number of nitrogens with zero attached hydrogens (tertiary/aromatic N) is 8. The summed E-state index contributed by atoms with van der Waals surface area (Å²) in [5.74, 6) is -0.358. The average Bonchev–Trinajstić information content (AvgIpc) is 3.57. The van der Waals surface area contributed by atoms with Crippen LogP contribution >= 0.6 is 0 Å². The molecule has 0 N–H and O–H groups in total. The van der Waals surface area contributed by atoms with E-state index in [-0.39, 0.29) is 5.91 Å². The van der Waals surface area contributed by atoms with E-state index in [4.69, 9.17) is 0 Å². The molecule has 3 heterocycles. The first kappa shape index (κ1) is 26.5. The number of hydrogen-bond donors (Lipinski definition) is 0. The van der Waals surface area contributed by atoms with Crippen LogP contribution in [0.15, 0.2) is 70.7 Å². The molecule has 0 aliphatic carbocycles. The molecular weight excluding hydrogens is 508 g/mol. The quantitative estimate of drug-likeness (QED) is 0.223. The topological polar surface area (TPSA) is 113 Å². The maximum atomic E-state index is 13.2. The molecular formula is C29H30N8O3. The fraction of sp³-hybridized carbons (Fsp3) is 0.241. The van der Waals surface area contributed by atoms with Crippen molar-refractivity contribution in [3.63, 3.8) is 0 Å². The summed E-state index contributed by atoms with van der Waals surface area (Å²) in [4.78, 5) is 44.7. The van der Waals surface area contributed by atoms with E-state index in [1.807, 2.05) is 77.1 Å². The van der Waals surface area contributed by atoms with Crippen molar-refractivity contribution < 1.29 is 14.4 Å². The van der Waals surface area contributed by atoms with Crippen LogP contribution in [0.3, 0.4) is 0 Å². The van der Waals surface area contributed by atoms with Crippen LogP contribution in [-0.4, -0.2) is 46.7 Å². The van der Waals surface area contributed by atoms with Crippen molar-refractivity contribution in [3.05, 3.63) is 88.9 Å². The van der Waals surface area contributed by atoms with Gasteiger partial charge in [-0.2, -0.15) is 15.1 Å². The third kappa shape index (κ3) is 4.55. The normalized spacial score (nSPS) is 12.8. The number of carbonyl (C=O) groups is 3. The van der Waals surface area contributed by atoms with Crippen LogP contribution in [0.25, 0.3) is 22.1 Å². The number of aromatic nitrogens is 6. The summed E-state index contributed by atoms with van der Waals surface area (Å²) in [6.07, 6.45) is 5.24. The highest BCUT2D eigenvalue weighted by atomic mass is 16.1. The number of allylic oxidation sites excluding steroid dienone is 2. The average molecular weight is 539 g/mol. The number of aryl methyl sites for hydroxylation is 4. The van der Waals surface area contributed by atoms with Crippen LogP contribution in [0.5, 0.6) is 0 Å². The Morgan fingerprint density at radius 2 is 1.57 bits per heavy atom. The van der Waals surface area contributed by atoms with E-state index >= 15 is 0 Å². The summed E-state index contributed by atoms with van der Waals surface area (Å²) >= 11 is 0. The minimum atomic E-state index is -0.358. The second-order valence-electron chi connectivity index (χ2n) is 9.37. The Morgan fingerprint density at radius 1 is 0.900 bits per heavy atom. The Morgan fingerprint density at radius 3 is 2.25 bits per heavy atom. The number of imidazole rings is 2. The number of amides is 2. The third-order valence-electron chi connectivity index (χ3n) is 6.95. The van der Waals surface area contributed by atoms with Crippen molar-refractivity contribution >= 4 is 40.7 Å². The van der Waals surface area contributed by atoms with Crippen LogP contribution in [0.2, 0.25) is 0 Å². The largest absolute Gasteiger partial charge is 0.313 e. The number of fused-ring (bicyclic) bond motifs is 2. The Labute approximate surface area is 229 Å². The van der Waals surface area contributed by atoms with E-state index in [0.29, 0.717) is 54.1 Å². The van der Waals surface area contributed by atoms with Crippen molar-refractivity contribution in [2.45, 2.75) is 33.5 Å². The molecule has 11 nitrogen and oxygen atoms in total. The number of aldehydes is 1. The molecule has 0 aliphatic heterocycles. The Bertz CT molecular complexity index is 1940. The van der Waals surface area contributed by atoms with Crippen molar-refractivity contribution in [1.29, 1.82) is 0 Å². The summed E-state index contributed by atoms with van der Waals surface area (Å²) in [5.41, 5.74) is 6.06. The van der Waals surface area contributed by atoms with Gasteiger partial charge in [0.1, 0.15) is 5.69 Å². The molecule has 40 heavy (non-hydrogen) atoms. The molecule has 2 aromatic carbocycles. The van der Waals surface area contributed by atoms with Crippen LogP contribution in [-0.2, 0) is 38.5 Å². The number of carbonyl (C=O) groups excluding carboxylic acids is 3. The van der Waals surface area contributed by atoms with Gasteiger partial charge in [-0.15, -0.1) is 0 Å². The van der Waals surface area contributed by atoms with Gasteiger partial charge in [0.15, 0.2) is 6.29 Å². The predicted octanol–water partition coefficient (Wildman–Crippen LogP) is 2.66. The first-order chi connectivity index (χ1) is 19.4. The van der Waals surface area contributed by atoms with Gasteiger partial charge in [-0.05, 0) is 44.2 Å². The van der Waals surface area contributed by atoms with Crippen molar-refractivity contribution in [3.8, 4) is 0 Å². The predicted molar refractivity (Wildman–Crippen MR) is 151 cm³/mol. The maximum Gasteiger partial charge on any atom is 0.298 e. The first-order valence-electron chi connectivity index (χ1n) is 12.9. The van der Waals surface area contributed by atoms with Gasteiger partial charge in [0.25, 0.3) is 5.91 Å². The monoisotopic (exact) mass is 538 g/mol. The summed E-state index contributed by atoms with van der Waals surface area (Å²) in [5, 5.41) is 4.38. The molecule has 2 amide bonds. The molecule has 0 saturated carbocycles. The van der Waals surface area contributed by atoms with E-state index in [1.54, 1.807) is 34.5 Å². The molecule has 0 spiro atoms. The molecule has 0 saturated heterocycles. The van der Waals surface area contributed by atoms with Gasteiger partial charge >= 0.3 is 0 Å². The molecule has 3 aromatic heterocycles. The fourth-order valence-corrected chi connectivity index (χ4v) is 5.15. The minimum Gasteiger partial charge on any atom is -0.313 e. The Hall–Kier alpha value is -5.06. The van der Waals surface area contributed by atoms with Crippen molar-refractivity contribution in [2.75, 3.05) is 0 Å². The summed E-state index contributed by atoms with van der Waals surface area (Å²) < 4.78 is 9.17. The van der Waals surface area contributed by atoms with E-state index < -0.39 is 0 Å². The zero-order valence-electron chi connectivity index (χ0n) is 22.9. The number of benzene rings is 2. The molecule has 0 aliphatic rings. The lowest BCUT2D eigenvalue weighted by Crippen LogP contribution is -2.26. The van der Waals surface area contributed by atoms with E-state index in [1.165, 1.54) is 0 Å². The van der Waals surface area contributed by atoms with Crippen LogP contribution in [0.1, 0.15) is 33.5 Å². The molecule has 0 fully saturated rings. The zero-order valence-corrected chi connectivity index (χ0v) is 22.9. The highest BCUT2D eigenvalue weighted by Gasteiger charge is 2.15. The summed E-state index contributed by atoms with van der Waals surface area (Å²) in [7, 11) is 3.67. The highest BCUT2D eigenvalue weighted by Crippen LogP contribution is 2.17. The second-order valence-corrected chi connectivity index (χ2v) is 9.37. The smallest absolute Gasteiger partial charge is 0.298 e. The second kappa shape index (κ2) is 11.0. The Balaban J connectivity index is 1.54. The van der Waals surface area contributed by atoms with Gasteiger partial charge < -0.3 is 18.3 Å². The van der Waals surface area contributed by atoms with Crippen LogP contribution in [0.4, 0.5) is 0 Å². The lowest BCUT2D eigenvalue weighted by Gasteiger charge is -2.04. The molecule has 5 rings (SSSR count). The van der Waals surface area contributed by atoms with Gasteiger partial charge in [-0.1, -0.05) is 30.4 Å². The number of hydrogen-bond acceptors (Lipinski definition) is 4. The minimum absolute atomic E-state index is 0.358. The molecule has 204 valence electrons. The lowest BCUT2D eigenvalue weighted by molar-refractivity contribution is -0.107. The van der Waals surface area contributed by atoms with E-state index in [9.17, 15) is 14.4 Å². The third-order valence-corrected chi connectivity index (χ3v) is 6.95. The van der Waals surface area contributed by atoms with Gasteiger partial charge in [-0.3, -0.25) is 19.1 Å². The first-order valence-corrected chi connectivity index (χ1v) is 12.9. The Kier molecular flexibility index (Phi) is 7.28. The zero-order chi connectivity index (χ0) is 28.4. The molecule has 0 atom stereocenters. The maximum absolute atomic E-state index is 13.2. The van der Waals surface area contributed by atoms with E-state index in [0.717, 1.165) is 28.5 Å². The molecule has 0 unspecified atom stereocenters. The van der Waals surface area contributed by atoms with Crippen molar-refractivity contribution in [2.24, 2.45) is 24.1 Å². The molecule has 5 aromatic rings. The van der Waals surface area contributed by atoms with Gasteiger partial charge in [0.2, 0.25) is 17.6 Å². The van der Waals surface area contributed by atoms with Crippen LogP contribution in [0, 0.1) is 6.92 Å². The SMILES string of the molecule is CCn1nc(C)cc1C(=O)N=c1n(C)c2ccccc2n1C/C=C/Cn1c(=NC=O)n(C)c2c(C=O)cccc21. The standard InChI is InChI=1S/C29H30N8O3/c1-5-37-25(17-20(2)32-37)27(40)31-29-33(3)22-12-6-7-13-23(22)35(29)15-8-9-16-36-24-14-10-11-21(18-38)26(24)34(4)28(36)30-19-39/h6-14,17-19H,5,15-16H2,1-4H3/b9-8+,30-28?,31-29?. The highest BCUT2D eigenvalue weighted by molar-refractivity contribution is 5.95. The lowest BCUT2D eigenvalue weighted by atomic mass is 10.2. The fourth-order valence-electron chi connectivity index (χ4n) is 5.15. The summed E-state index contributed by atoms with van der Waals surface area (Å²) in [6.45, 7) is 5.22. The van der Waals surface area contributed by atoms with Gasteiger partial charge in [-0.25, -0.2) is 0 Å². The van der Waals surface area contributed by atoms with E-state index in [2.05, 4.69) is 15.1 Å². The van der Waals surface area contributed by atoms with Gasteiger partial charge in [0.05, 0.1) is 27.8 Å². The molecule has 0 bridgehead atoms. The molecule has 11 heteroatoms. The molecule has 0 radical (unpaired) electrons. The number of para-hydroxylation sites is 3.